The average Bonchev–Trinajstić information content (AvgIpc) is 1.64. The number of nitrogens with two attached hydrogens (primary N) is 5. The molecule has 0 heterocycles. The van der Waals surface area contributed by atoms with Crippen molar-refractivity contribution in [2.75, 3.05) is 40.3 Å². The number of hydrogen-bond acceptors (Lipinski definition) is 18. The molecule has 0 spiro atoms. The fourth-order valence-electron chi connectivity index (χ4n) is 16.3. The number of ether oxygens (including phenoxy) is 6. The monoisotopic (exact) mass is 1670 g/mol. The van der Waals surface area contributed by atoms with Crippen molar-refractivity contribution in [1.29, 1.82) is 0 Å². The fourth-order valence-corrected chi connectivity index (χ4v) is 16.3. The number of primary amides is 5. The Kier molecular flexibility index (Phi) is 34.4. The quantitative estimate of drug-likeness (QED) is 0.0110. The number of nitrogens with one attached hydrogen (secondary N) is 5. The third kappa shape index (κ3) is 27.6. The van der Waals surface area contributed by atoms with E-state index in [1.165, 1.54) is 113 Å². The normalized spacial score (nSPS) is 18.3. The number of amides is 10. The zero-order chi connectivity index (χ0) is 88.8. The zero-order valence-electron chi connectivity index (χ0n) is 69.9. The molecule has 8 atom stereocenters. The minimum atomic E-state index is -0.833. The summed E-state index contributed by atoms with van der Waals surface area (Å²) in [6.45, 7) is 19.5. The molecule has 8 aromatic carbocycles. The second-order valence-electron chi connectivity index (χ2n) is 31.3. The Morgan fingerprint density at radius 1 is 0.533 bits per heavy atom. The smallest absolute Gasteiger partial charge is 0.417 e. The molecule has 10 amide bonds. The van der Waals surface area contributed by atoms with Crippen LogP contribution >= 0.6 is 0 Å². The Morgan fingerprint density at radius 3 is 1.46 bits per heavy atom. The number of rotatable bonds is 25. The average molecular weight is 1670 g/mol. The third-order valence-electron chi connectivity index (χ3n) is 22.4. The highest BCUT2D eigenvalue weighted by Gasteiger charge is 2.59. The van der Waals surface area contributed by atoms with Crippen LogP contribution in [0.1, 0.15) is 179 Å². The molecule has 12 rings (SSSR count). The molecule has 15 N–H and O–H groups in total. The van der Waals surface area contributed by atoms with Gasteiger partial charge >= 0.3 is 30.5 Å². The van der Waals surface area contributed by atoms with Crippen LogP contribution in [0.3, 0.4) is 0 Å². The van der Waals surface area contributed by atoms with Crippen LogP contribution in [0.5, 0.6) is 11.5 Å². The maximum absolute atomic E-state index is 12.7. The number of benzene rings is 8. The van der Waals surface area contributed by atoms with Crippen LogP contribution in [0.25, 0.3) is 0 Å². The summed E-state index contributed by atoms with van der Waals surface area (Å²) in [5, 5.41) is 23.9. The van der Waals surface area contributed by atoms with Gasteiger partial charge in [-0.25, -0.2) is 24.0 Å². The predicted octanol–water partition coefficient (Wildman–Crippen LogP) is 18.3. The molecule has 0 aromatic heterocycles. The molecule has 122 heavy (non-hydrogen) atoms. The van der Waals surface area contributed by atoms with E-state index in [9.17, 15) is 58.1 Å². The number of nitrogens with zero attached hydrogens (tertiary/aromatic N) is 1. The second-order valence-corrected chi connectivity index (χ2v) is 31.3. The largest absolute Gasteiger partial charge is 0.496 e. The van der Waals surface area contributed by atoms with Crippen LogP contribution in [0.4, 0.5) is 58.1 Å². The van der Waals surface area contributed by atoms with Gasteiger partial charge in [-0.15, -0.1) is 0 Å². The van der Waals surface area contributed by atoms with E-state index in [4.69, 9.17) is 57.1 Å². The maximum Gasteiger partial charge on any atom is 0.417 e. The van der Waals surface area contributed by atoms with Crippen LogP contribution in [0, 0.1) is 70.3 Å². The van der Waals surface area contributed by atoms with E-state index in [2.05, 4.69) is 73.9 Å². The summed E-state index contributed by atoms with van der Waals surface area (Å²) >= 11 is 0. The summed E-state index contributed by atoms with van der Waals surface area (Å²) in [6.07, 6.45) is 14.5. The number of methoxy groups -OCH3 is 1. The summed E-state index contributed by atoms with van der Waals surface area (Å²) in [7, 11) is 1.44. The van der Waals surface area contributed by atoms with Crippen molar-refractivity contribution in [1.82, 2.24) is 0 Å². The van der Waals surface area contributed by atoms with E-state index in [0.717, 1.165) is 65.9 Å². The van der Waals surface area contributed by atoms with Crippen molar-refractivity contribution in [3.05, 3.63) is 273 Å². The van der Waals surface area contributed by atoms with Gasteiger partial charge in [-0.2, -0.15) is 0 Å². The first kappa shape index (κ1) is 93.6. The van der Waals surface area contributed by atoms with Crippen molar-refractivity contribution in [3.63, 3.8) is 0 Å². The van der Waals surface area contributed by atoms with Crippen LogP contribution in [0.2, 0.25) is 0 Å². The molecule has 644 valence electrons. The highest BCUT2D eigenvalue weighted by atomic mass is 16.6. The molecule has 0 aliphatic heterocycles. The molecule has 3 saturated carbocycles. The van der Waals surface area contributed by atoms with Gasteiger partial charge in [0.2, 0.25) is 29.5 Å². The molecule has 3 fully saturated rings. The summed E-state index contributed by atoms with van der Waals surface area (Å²) < 4.78 is 30.9. The molecular weight excluding hydrogens is 1560 g/mol. The summed E-state index contributed by atoms with van der Waals surface area (Å²) in [4.78, 5) is 125. The Hall–Kier alpha value is -13.9. The molecule has 4 aliphatic rings. The Morgan fingerprint density at radius 2 is 1.00 bits per heavy atom. The number of anilines is 5. The van der Waals surface area contributed by atoms with E-state index in [1.807, 2.05) is 49.4 Å². The molecule has 4 aliphatic carbocycles. The zero-order valence-corrected chi connectivity index (χ0v) is 69.9. The number of allylic oxidation sites excluding steroid dienone is 1. The topological polar surface area (TPSA) is 459 Å². The van der Waals surface area contributed by atoms with Gasteiger partial charge in [-0.05, 0) is 225 Å². The van der Waals surface area contributed by atoms with Crippen molar-refractivity contribution < 1.29 is 81.3 Å². The molecule has 0 radical (unpaired) electrons. The fraction of sp³-hybridized carbons (Fsp3) is 0.333. The van der Waals surface area contributed by atoms with Gasteiger partial charge in [0.15, 0.2) is 0 Å². The maximum atomic E-state index is 12.7. The van der Waals surface area contributed by atoms with Gasteiger partial charge in [0.05, 0.1) is 17.6 Å². The minimum Gasteiger partial charge on any atom is -0.496 e. The lowest BCUT2D eigenvalue weighted by molar-refractivity contribution is -0.385. The Bertz CT molecular complexity index is 5080. The standard InChI is InChI=1S/C35H52N2O3.C17H17N3O6.2C15H14N2O3.C11H12N2O3/c1-22(2)8-6-9-23(3)29-14-15-30-28-13-12-25-21-27(16-18-34(25,4)31(28)17-19-35(29,30)5)40-33(39)37-26-11-7-10-24(20-26)32(36)38;1-10-6-14(20(23)24)12(8-15(10)25-2)9-26-17(22)19-13-5-3-4-11(7-13)16(18)21;1-10-5-7-13(8-6-10)20-15(19)17-12-4-2-3-11(9-12)14(16)18;16-14(18)12-7-4-8-13(9-12)17-15(19)20-10-11-5-2-1-3-6-11;1-2-6-16-11(15)13-9-5-3-4-8(7-9)10(12)14/h7,10-12,20,22-23,27-31H,6,8-9,13-19,21H2,1-5H3,(H2,36,38)(H,37,39);3-8H,9H2,1-2H3,(H2,18,21)(H,19,22);2-9H,1H3,(H2,16,18)(H,17,19);1-9H,10H2,(H2,16,18)(H,17,19);2-5,7H,1,6H2,(H2,12,14)(H,13,15). The number of fused-ring (bicyclic) bond motifs is 5. The van der Waals surface area contributed by atoms with Crippen LogP contribution in [-0.2, 0) is 32.2 Å². The van der Waals surface area contributed by atoms with Gasteiger partial charge in [-0.3, -0.25) is 60.7 Å². The number of aryl methyl sites for hydroxylation is 2. The number of hydrogen-bond donors (Lipinski definition) is 10. The van der Waals surface area contributed by atoms with Gasteiger partial charge in [0.25, 0.3) is 5.69 Å². The molecule has 8 unspecified atom stereocenters. The molecule has 29 heteroatoms. The molecule has 8 aromatic rings. The highest BCUT2D eigenvalue weighted by Crippen LogP contribution is 2.67. The van der Waals surface area contributed by atoms with Crippen molar-refractivity contribution in [3.8, 4) is 11.5 Å². The van der Waals surface area contributed by atoms with Gasteiger partial charge in [0.1, 0.15) is 37.4 Å². The molecule has 0 saturated heterocycles. The van der Waals surface area contributed by atoms with E-state index in [-0.39, 0.29) is 48.2 Å². The lowest BCUT2D eigenvalue weighted by Crippen LogP contribution is -2.51. The molecule has 29 nitrogen and oxygen atoms in total. The SMILES string of the molecule is C=CCOC(=O)Nc1cccc(C(N)=O)c1.CC(C)CCCC(C)C1CCC2C3CC=C4CC(OC(=O)Nc5cccc(C(N)=O)c5)CCC4(C)C3CCC12C.COc1cc(COC(=O)Nc2cccc(C(N)=O)c2)c([N+](=O)[O-])cc1C.Cc1ccc(OC(=O)Nc2cccc(C(N)=O)c2)cc1.NC(=O)c1cccc(NC(=O)OCc2ccccc2)c1. The van der Waals surface area contributed by atoms with Crippen molar-refractivity contribution in [2.24, 2.45) is 75.0 Å². The van der Waals surface area contributed by atoms with E-state index < -0.39 is 64.9 Å². The van der Waals surface area contributed by atoms with Crippen molar-refractivity contribution >= 4 is 94.1 Å². The number of carbonyl (C=O) groups excluding carboxylic acids is 10. The van der Waals surface area contributed by atoms with Crippen LogP contribution in [0.15, 0.2) is 212 Å². The van der Waals surface area contributed by atoms with E-state index >= 15 is 0 Å². The second kappa shape index (κ2) is 44.8. The van der Waals surface area contributed by atoms with Gasteiger partial charge in [-0.1, -0.05) is 157 Å². The summed E-state index contributed by atoms with van der Waals surface area (Å²) in [5.41, 5.74) is 34.6. The lowest BCUT2D eigenvalue weighted by atomic mass is 9.47. The van der Waals surface area contributed by atoms with Crippen LogP contribution in [-0.4, -0.2) is 84.7 Å². The first-order chi connectivity index (χ1) is 58.1. The van der Waals surface area contributed by atoms with E-state index in [0.29, 0.717) is 73.2 Å². The van der Waals surface area contributed by atoms with Crippen LogP contribution < -0.4 is 64.7 Å². The van der Waals surface area contributed by atoms with E-state index in [1.54, 1.807) is 110 Å². The molecule has 0 bridgehead atoms. The molecular formula is C93H109N11O18. The van der Waals surface area contributed by atoms with Gasteiger partial charge in [0, 0.05) is 68.7 Å². The summed E-state index contributed by atoms with van der Waals surface area (Å²) in [5.74, 6) is 3.04. The number of nitro groups is 1. The number of carbonyl (C=O) groups is 10. The first-order valence-corrected chi connectivity index (χ1v) is 40.2. The predicted molar refractivity (Wildman–Crippen MR) is 466 cm³/mol. The number of nitro benzene ring substituents is 1. The lowest BCUT2D eigenvalue weighted by Gasteiger charge is -2.58. The minimum absolute atomic E-state index is 0.105. The first-order valence-electron chi connectivity index (χ1n) is 40.2. The summed E-state index contributed by atoms with van der Waals surface area (Å²) in [6, 6.07) is 50.8. The van der Waals surface area contributed by atoms with Gasteiger partial charge < -0.3 is 57.1 Å². The highest BCUT2D eigenvalue weighted by molar-refractivity contribution is 5.98. The Balaban J connectivity index is 0.000000198. The third-order valence-corrected chi connectivity index (χ3v) is 22.4. The Labute approximate surface area is 709 Å². The van der Waals surface area contributed by atoms with Crippen molar-refractivity contribution in [2.45, 2.75) is 138 Å².